The monoisotopic (exact) mass is 166 g/mol. The first kappa shape index (κ1) is 12.7. The van der Waals surface area contributed by atoms with Gasteiger partial charge >= 0.3 is 29.6 Å². The van der Waals surface area contributed by atoms with E-state index in [1.54, 1.807) is 0 Å². The van der Waals surface area contributed by atoms with Crippen molar-refractivity contribution >= 4 is 11.4 Å². The molecule has 1 aliphatic rings. The Balaban J connectivity index is -0.0000000817. The third kappa shape index (κ3) is 27.6. The van der Waals surface area contributed by atoms with E-state index >= 15 is 0 Å². The van der Waals surface area contributed by atoms with Gasteiger partial charge in [-0.1, -0.05) is 0 Å². The average Bonchev–Trinajstić information content (AvgIpc) is 2.19. The third-order valence-corrected chi connectivity index (χ3v) is 0.507. The minimum absolute atomic E-state index is 0. The fourth-order valence-electron chi connectivity index (χ4n) is 0.0630. The Morgan fingerprint density at radius 1 is 1.56 bits per heavy atom. The molecule has 0 atom stereocenters. The van der Waals surface area contributed by atoms with Crippen LogP contribution in [0.1, 0.15) is 14.3 Å². The molecule has 0 bridgehead atoms. The fourth-order valence-corrected chi connectivity index (χ4v) is 0.0630. The molecule has 1 saturated carbocycles. The number of hydrogen-bond donors (Lipinski definition) is 2. The standard InChI is InChI=1S/C3H5F.Na.H2O3S.H/c4-3-1-2-3;;1-4(2)3;/h3H,1-2H2;;(H2,1,2,3);/q;+1;;-1. The molecule has 0 radical (unpaired) electrons. The molecule has 0 heterocycles. The van der Waals surface area contributed by atoms with E-state index in [4.69, 9.17) is 13.3 Å². The smallest absolute Gasteiger partial charge is 1.00 e. The Bertz CT molecular complexity index is 87.8. The van der Waals surface area contributed by atoms with E-state index in [0.29, 0.717) is 0 Å². The number of halogens is 1. The Morgan fingerprint density at radius 2 is 1.67 bits per heavy atom. The largest absolute Gasteiger partial charge is 1.00 e. The number of hydrogen-bond acceptors (Lipinski definition) is 1. The molecule has 1 fully saturated rings. The second kappa shape index (κ2) is 7.11. The maximum absolute atomic E-state index is 11.1. The van der Waals surface area contributed by atoms with E-state index in [0.717, 1.165) is 12.8 Å². The summed E-state index contributed by atoms with van der Waals surface area (Å²) in [7, 11) is 0. The Hall–Kier alpha value is 1.00. The number of rotatable bonds is 0. The minimum Gasteiger partial charge on any atom is -1.00 e. The Labute approximate surface area is 78.9 Å². The summed E-state index contributed by atoms with van der Waals surface area (Å²) in [4.78, 5) is 0. The maximum Gasteiger partial charge on any atom is 1.00 e. The van der Waals surface area contributed by atoms with Crippen molar-refractivity contribution in [3.05, 3.63) is 0 Å². The molecule has 6 heteroatoms. The predicted molar refractivity (Wildman–Crippen MR) is 28.6 cm³/mol. The molecule has 0 aromatic heterocycles. The van der Waals surface area contributed by atoms with Gasteiger partial charge in [0.1, 0.15) is 6.17 Å². The average molecular weight is 166 g/mol. The molecule has 0 saturated heterocycles. The second-order valence-electron chi connectivity index (χ2n) is 1.41. The van der Waals surface area contributed by atoms with Crippen molar-refractivity contribution in [2.75, 3.05) is 0 Å². The zero-order valence-electron chi connectivity index (χ0n) is 6.08. The first-order chi connectivity index (χ1) is 3.63. The van der Waals surface area contributed by atoms with Crippen molar-refractivity contribution in [1.82, 2.24) is 0 Å². The van der Waals surface area contributed by atoms with E-state index in [2.05, 4.69) is 0 Å². The molecule has 1 rings (SSSR count). The summed E-state index contributed by atoms with van der Waals surface area (Å²) in [5.41, 5.74) is 0. The van der Waals surface area contributed by atoms with Crippen LogP contribution in [0.5, 0.6) is 0 Å². The Morgan fingerprint density at radius 3 is 1.67 bits per heavy atom. The van der Waals surface area contributed by atoms with Gasteiger partial charge in [0.2, 0.25) is 0 Å². The summed E-state index contributed by atoms with van der Waals surface area (Å²) in [6.07, 6.45) is 1.22. The zero-order chi connectivity index (χ0) is 6.57. The van der Waals surface area contributed by atoms with E-state index in [9.17, 15) is 4.39 Å². The fraction of sp³-hybridized carbons (Fsp3) is 1.00. The first-order valence-electron chi connectivity index (χ1n) is 2.07. The molecule has 0 spiro atoms. The van der Waals surface area contributed by atoms with Crippen LogP contribution >= 0.6 is 0 Å². The van der Waals surface area contributed by atoms with Gasteiger partial charge in [0.05, 0.1) is 0 Å². The maximum atomic E-state index is 11.1. The molecule has 3 nitrogen and oxygen atoms in total. The van der Waals surface area contributed by atoms with E-state index in [1.807, 2.05) is 0 Å². The predicted octanol–water partition coefficient (Wildman–Crippen LogP) is -2.08. The van der Waals surface area contributed by atoms with Crippen LogP contribution in [0.25, 0.3) is 0 Å². The summed E-state index contributed by atoms with van der Waals surface area (Å²) >= 11 is -2.61. The van der Waals surface area contributed by atoms with Gasteiger partial charge in [-0.15, -0.1) is 0 Å². The summed E-state index contributed by atoms with van der Waals surface area (Å²) < 4.78 is 33.9. The van der Waals surface area contributed by atoms with Crippen molar-refractivity contribution in [3.63, 3.8) is 0 Å². The van der Waals surface area contributed by atoms with Gasteiger partial charge in [-0.25, -0.2) is 4.39 Å². The summed E-state index contributed by atoms with van der Waals surface area (Å²) in [5.74, 6) is 0. The zero-order valence-corrected chi connectivity index (χ0v) is 7.90. The minimum atomic E-state index is -2.61. The van der Waals surface area contributed by atoms with Crippen LogP contribution in [0.15, 0.2) is 0 Å². The van der Waals surface area contributed by atoms with Gasteiger partial charge in [0, 0.05) is 0 Å². The van der Waals surface area contributed by atoms with Crippen LogP contribution in [0.4, 0.5) is 4.39 Å². The van der Waals surface area contributed by atoms with Crippen molar-refractivity contribution in [1.29, 1.82) is 0 Å². The summed E-state index contributed by atoms with van der Waals surface area (Å²) in [5, 5.41) is 0. The normalized spacial score (nSPS) is 15.6. The van der Waals surface area contributed by atoms with Crippen LogP contribution in [0.2, 0.25) is 0 Å². The van der Waals surface area contributed by atoms with E-state index in [-0.39, 0.29) is 31.0 Å². The summed E-state index contributed by atoms with van der Waals surface area (Å²) in [6.45, 7) is 0. The SMILES string of the molecule is FC1CC1.O=S(O)O.[H-].[Na+]. The molecular formula is C3H8FNaO3S. The third-order valence-electron chi connectivity index (χ3n) is 0.507. The van der Waals surface area contributed by atoms with Crippen LogP contribution in [0, 0.1) is 0 Å². The van der Waals surface area contributed by atoms with Crippen molar-refractivity contribution in [2.24, 2.45) is 0 Å². The molecule has 2 N–H and O–H groups in total. The molecule has 0 aliphatic heterocycles. The summed E-state index contributed by atoms with van der Waals surface area (Å²) in [6, 6.07) is 0. The van der Waals surface area contributed by atoms with Crippen LogP contribution in [-0.4, -0.2) is 19.5 Å². The topological polar surface area (TPSA) is 57.5 Å². The van der Waals surface area contributed by atoms with Gasteiger partial charge in [0.25, 0.3) is 11.4 Å². The van der Waals surface area contributed by atoms with Gasteiger partial charge in [-0.3, -0.25) is 9.11 Å². The van der Waals surface area contributed by atoms with Crippen molar-refractivity contribution in [3.8, 4) is 0 Å². The van der Waals surface area contributed by atoms with Gasteiger partial charge in [-0.2, -0.15) is 4.21 Å². The van der Waals surface area contributed by atoms with Crippen LogP contribution in [-0.2, 0) is 11.4 Å². The van der Waals surface area contributed by atoms with Crippen LogP contribution in [0.3, 0.4) is 0 Å². The number of alkyl halides is 1. The molecule has 0 aromatic rings. The molecule has 0 aromatic carbocycles. The molecule has 9 heavy (non-hydrogen) atoms. The van der Waals surface area contributed by atoms with Gasteiger partial charge in [0.15, 0.2) is 0 Å². The Kier molecular flexibility index (Phi) is 10.0. The quantitative estimate of drug-likeness (QED) is 0.320. The van der Waals surface area contributed by atoms with Crippen molar-refractivity contribution in [2.45, 2.75) is 19.0 Å². The molecule has 52 valence electrons. The van der Waals surface area contributed by atoms with Crippen LogP contribution < -0.4 is 29.6 Å². The molecule has 1 aliphatic carbocycles. The molecule has 0 amide bonds. The molecular weight excluding hydrogens is 158 g/mol. The van der Waals surface area contributed by atoms with E-state index < -0.39 is 17.5 Å². The van der Waals surface area contributed by atoms with Gasteiger partial charge in [-0.05, 0) is 12.8 Å². The molecule has 0 unspecified atom stereocenters. The van der Waals surface area contributed by atoms with Gasteiger partial charge < -0.3 is 1.43 Å². The van der Waals surface area contributed by atoms with E-state index in [1.165, 1.54) is 0 Å². The first-order valence-corrected chi connectivity index (χ1v) is 3.13. The second-order valence-corrected chi connectivity index (χ2v) is 1.87. The van der Waals surface area contributed by atoms with Crippen molar-refractivity contribution < 1.29 is 48.7 Å².